The summed E-state index contributed by atoms with van der Waals surface area (Å²) in [6.45, 7) is 5.40. The number of unbranched alkanes of at least 4 members (excludes halogenated alkanes) is 1. The third-order valence-corrected chi connectivity index (χ3v) is 9.70. The van der Waals surface area contributed by atoms with Gasteiger partial charge in [-0.2, -0.15) is 0 Å². The predicted molar refractivity (Wildman–Crippen MR) is 180 cm³/mol. The third kappa shape index (κ3) is 8.60. The summed E-state index contributed by atoms with van der Waals surface area (Å²) in [7, 11) is -4.22. The summed E-state index contributed by atoms with van der Waals surface area (Å²) in [6.07, 6.45) is 2.31. The van der Waals surface area contributed by atoms with Crippen LogP contribution in [0.3, 0.4) is 0 Å². The van der Waals surface area contributed by atoms with Crippen LogP contribution in [0.25, 0.3) is 0 Å². The molecule has 1 N–H and O–H groups in total. The third-order valence-electron chi connectivity index (χ3n) is 7.93. The van der Waals surface area contributed by atoms with Crippen LogP contribution in [0.1, 0.15) is 48.9 Å². The van der Waals surface area contributed by atoms with Crippen LogP contribution in [-0.2, 0) is 39.0 Å². The first-order valence-electron chi connectivity index (χ1n) is 15.7. The first-order chi connectivity index (χ1) is 22.1. The van der Waals surface area contributed by atoms with Crippen LogP contribution >= 0.6 is 0 Å². The van der Waals surface area contributed by atoms with Gasteiger partial charge in [-0.1, -0.05) is 105 Å². The van der Waals surface area contributed by atoms with Crippen LogP contribution in [0.15, 0.2) is 108 Å². The summed E-state index contributed by atoms with van der Waals surface area (Å²) in [5.74, 6) is -1.54. The fraction of sp³-hybridized carbons (Fsp3) is 0.297. The van der Waals surface area contributed by atoms with Crippen LogP contribution in [0.4, 0.5) is 10.1 Å². The van der Waals surface area contributed by atoms with Crippen molar-refractivity contribution in [1.82, 2.24) is 10.2 Å². The number of para-hydroxylation sites is 1. The molecule has 0 aliphatic carbocycles. The minimum atomic E-state index is -4.22. The summed E-state index contributed by atoms with van der Waals surface area (Å²) in [6, 6.07) is 27.9. The first-order valence-corrected chi connectivity index (χ1v) is 17.1. The molecule has 0 spiro atoms. The highest BCUT2D eigenvalue weighted by Crippen LogP contribution is 2.29. The number of anilines is 1. The summed E-state index contributed by atoms with van der Waals surface area (Å²) in [5, 5.41) is 2.95. The molecule has 0 radical (unpaired) electrons. The van der Waals surface area contributed by atoms with E-state index in [9.17, 15) is 18.0 Å². The van der Waals surface area contributed by atoms with E-state index in [4.69, 9.17) is 0 Å². The highest BCUT2D eigenvalue weighted by molar-refractivity contribution is 7.92. The Morgan fingerprint density at radius 3 is 2.11 bits per heavy atom. The molecule has 0 fully saturated rings. The normalized spacial score (nSPS) is 11.9. The van der Waals surface area contributed by atoms with Crippen LogP contribution in [0.2, 0.25) is 0 Å². The van der Waals surface area contributed by atoms with E-state index in [1.165, 1.54) is 23.1 Å². The van der Waals surface area contributed by atoms with Crippen LogP contribution in [0.5, 0.6) is 0 Å². The molecule has 4 rings (SSSR count). The Labute approximate surface area is 272 Å². The fourth-order valence-corrected chi connectivity index (χ4v) is 6.73. The summed E-state index contributed by atoms with van der Waals surface area (Å²) < 4.78 is 44.7. The predicted octanol–water partition coefficient (Wildman–Crippen LogP) is 6.45. The average molecular weight is 644 g/mol. The molecule has 1 atom stereocenters. The number of carbonyl (C=O) groups excluding carboxylic acids is 2. The SMILES string of the molecule is CCCCNC(=O)[C@H](Cc1ccccc1)N(Cc1ccccc1F)C(=O)CN(c1ccccc1CC)S(=O)(=O)c1ccc(C)cc1. The van der Waals surface area contributed by atoms with E-state index in [1.54, 1.807) is 42.5 Å². The second kappa shape index (κ2) is 16.2. The van der Waals surface area contributed by atoms with Crippen LogP contribution < -0.4 is 9.62 Å². The molecule has 4 aromatic rings. The van der Waals surface area contributed by atoms with E-state index in [0.29, 0.717) is 18.7 Å². The Morgan fingerprint density at radius 1 is 0.826 bits per heavy atom. The molecule has 0 saturated carbocycles. The van der Waals surface area contributed by atoms with Gasteiger partial charge in [-0.25, -0.2) is 12.8 Å². The number of carbonyl (C=O) groups is 2. The molecular formula is C37H42FN3O4S. The minimum absolute atomic E-state index is 0.0376. The van der Waals surface area contributed by atoms with Gasteiger partial charge in [0.25, 0.3) is 10.0 Å². The maximum atomic E-state index is 15.1. The second-order valence-electron chi connectivity index (χ2n) is 11.3. The van der Waals surface area contributed by atoms with Gasteiger partial charge >= 0.3 is 0 Å². The lowest BCUT2D eigenvalue weighted by Gasteiger charge is -2.34. The lowest BCUT2D eigenvalue weighted by molar-refractivity contribution is -0.140. The Morgan fingerprint density at radius 2 is 1.46 bits per heavy atom. The van der Waals surface area contributed by atoms with Gasteiger partial charge in [0.05, 0.1) is 10.6 Å². The number of nitrogens with zero attached hydrogens (tertiary/aromatic N) is 2. The molecule has 2 amide bonds. The van der Waals surface area contributed by atoms with Gasteiger partial charge in [-0.3, -0.25) is 13.9 Å². The van der Waals surface area contributed by atoms with E-state index >= 15 is 4.39 Å². The Kier molecular flexibility index (Phi) is 12.1. The van der Waals surface area contributed by atoms with Gasteiger partial charge in [-0.15, -0.1) is 0 Å². The molecule has 242 valence electrons. The Balaban J connectivity index is 1.82. The average Bonchev–Trinajstić information content (AvgIpc) is 3.06. The molecule has 9 heteroatoms. The van der Waals surface area contributed by atoms with Crippen molar-refractivity contribution in [2.24, 2.45) is 0 Å². The number of nitrogens with one attached hydrogen (secondary N) is 1. The van der Waals surface area contributed by atoms with E-state index in [1.807, 2.05) is 63.2 Å². The second-order valence-corrected chi connectivity index (χ2v) is 13.1. The number of sulfonamides is 1. The number of rotatable bonds is 15. The molecular weight excluding hydrogens is 601 g/mol. The number of halogens is 1. The molecule has 0 aromatic heterocycles. The zero-order chi connectivity index (χ0) is 33.1. The molecule has 0 aliphatic heterocycles. The Bertz CT molecular complexity index is 1710. The van der Waals surface area contributed by atoms with Gasteiger partial charge in [-0.05, 0) is 55.2 Å². The van der Waals surface area contributed by atoms with Gasteiger partial charge in [0.15, 0.2) is 0 Å². The molecule has 0 unspecified atom stereocenters. The number of amides is 2. The van der Waals surface area contributed by atoms with E-state index in [-0.39, 0.29) is 29.3 Å². The maximum Gasteiger partial charge on any atom is 0.264 e. The smallest absolute Gasteiger partial charge is 0.264 e. The van der Waals surface area contributed by atoms with Crippen molar-refractivity contribution in [2.75, 3.05) is 17.4 Å². The molecule has 46 heavy (non-hydrogen) atoms. The van der Waals surface area contributed by atoms with Crippen molar-refractivity contribution in [3.8, 4) is 0 Å². The number of aryl methyl sites for hydroxylation is 2. The molecule has 0 aliphatic rings. The zero-order valence-corrected chi connectivity index (χ0v) is 27.5. The topological polar surface area (TPSA) is 86.8 Å². The Hall–Kier alpha value is -4.50. The quantitative estimate of drug-likeness (QED) is 0.151. The van der Waals surface area contributed by atoms with Crippen molar-refractivity contribution < 1.29 is 22.4 Å². The fourth-order valence-electron chi connectivity index (χ4n) is 5.27. The van der Waals surface area contributed by atoms with Gasteiger partial charge in [0.2, 0.25) is 11.8 Å². The molecule has 0 saturated heterocycles. The standard InChI is InChI=1S/C37H42FN3O4S/c1-4-6-24-39-37(43)35(25-29-14-8-7-9-15-29)40(26-31-17-10-12-18-33(31)38)36(42)27-41(34-19-13-11-16-30(34)5-2)46(44,45)32-22-20-28(3)21-23-32/h7-23,35H,4-6,24-27H2,1-3H3,(H,39,43)/t35-/m0/s1. The lowest BCUT2D eigenvalue weighted by Crippen LogP contribution is -2.53. The van der Waals surface area contributed by atoms with E-state index in [2.05, 4.69) is 5.32 Å². The number of hydrogen-bond acceptors (Lipinski definition) is 4. The molecule has 0 bridgehead atoms. The van der Waals surface area contributed by atoms with Crippen molar-refractivity contribution in [3.05, 3.63) is 131 Å². The van der Waals surface area contributed by atoms with Crippen molar-refractivity contribution in [2.45, 2.75) is 63.9 Å². The summed E-state index contributed by atoms with van der Waals surface area (Å²) in [5.41, 5.74) is 3.04. The highest BCUT2D eigenvalue weighted by atomic mass is 32.2. The number of benzene rings is 4. The van der Waals surface area contributed by atoms with Gasteiger partial charge in [0, 0.05) is 25.1 Å². The van der Waals surface area contributed by atoms with E-state index in [0.717, 1.165) is 33.8 Å². The summed E-state index contributed by atoms with van der Waals surface area (Å²) >= 11 is 0. The highest BCUT2D eigenvalue weighted by Gasteiger charge is 2.35. The number of hydrogen-bond donors (Lipinski definition) is 1. The largest absolute Gasteiger partial charge is 0.354 e. The van der Waals surface area contributed by atoms with E-state index < -0.39 is 34.3 Å². The maximum absolute atomic E-state index is 15.1. The van der Waals surface area contributed by atoms with Gasteiger partial charge in [0.1, 0.15) is 18.4 Å². The van der Waals surface area contributed by atoms with Crippen molar-refractivity contribution in [3.63, 3.8) is 0 Å². The molecule has 7 nitrogen and oxygen atoms in total. The van der Waals surface area contributed by atoms with Crippen LogP contribution in [-0.4, -0.2) is 44.3 Å². The van der Waals surface area contributed by atoms with Crippen molar-refractivity contribution in [1.29, 1.82) is 0 Å². The molecule has 4 aromatic carbocycles. The molecule has 0 heterocycles. The van der Waals surface area contributed by atoms with Crippen LogP contribution in [0, 0.1) is 12.7 Å². The van der Waals surface area contributed by atoms with Crippen molar-refractivity contribution >= 4 is 27.5 Å². The first kappa shape index (κ1) is 34.4. The minimum Gasteiger partial charge on any atom is -0.354 e. The monoisotopic (exact) mass is 643 g/mol. The summed E-state index contributed by atoms with van der Waals surface area (Å²) in [4.78, 5) is 29.7. The lowest BCUT2D eigenvalue weighted by atomic mass is 10.0. The zero-order valence-electron chi connectivity index (χ0n) is 26.7. The van der Waals surface area contributed by atoms with Gasteiger partial charge < -0.3 is 10.2 Å².